The third kappa shape index (κ3) is 5.31. The first-order valence-corrected chi connectivity index (χ1v) is 11.2. The molecule has 0 aliphatic heterocycles. The standard InChI is InChI=1S/C21H19BrN4O3S/c1-16(17-10-12-18(22)13-11-17)24-25-21(27)15-26(20-9-5-6-14-23-20)30(28,29)19-7-3-2-4-8-19/h2-14H,15H2,1H3,(H,25,27)/b24-16-. The Morgan fingerprint density at radius 1 is 1.03 bits per heavy atom. The minimum Gasteiger partial charge on any atom is -0.271 e. The van der Waals surface area contributed by atoms with Crippen LogP contribution in [0.2, 0.25) is 0 Å². The summed E-state index contributed by atoms with van der Waals surface area (Å²) in [6.45, 7) is 1.28. The number of sulfonamides is 1. The Balaban J connectivity index is 1.82. The summed E-state index contributed by atoms with van der Waals surface area (Å²) < 4.78 is 28.1. The predicted octanol–water partition coefficient (Wildman–Crippen LogP) is 3.58. The highest BCUT2D eigenvalue weighted by Crippen LogP contribution is 2.21. The fraction of sp³-hybridized carbons (Fsp3) is 0.0952. The molecule has 3 rings (SSSR count). The molecule has 0 atom stereocenters. The second-order valence-corrected chi connectivity index (χ2v) is 9.03. The van der Waals surface area contributed by atoms with Gasteiger partial charge in [0, 0.05) is 10.7 Å². The number of rotatable bonds is 7. The summed E-state index contributed by atoms with van der Waals surface area (Å²) in [5, 5.41) is 4.09. The zero-order valence-electron chi connectivity index (χ0n) is 16.1. The van der Waals surface area contributed by atoms with Gasteiger partial charge in [-0.25, -0.2) is 23.1 Å². The van der Waals surface area contributed by atoms with E-state index in [1.807, 2.05) is 24.3 Å². The maximum Gasteiger partial charge on any atom is 0.265 e. The average molecular weight is 487 g/mol. The maximum absolute atomic E-state index is 13.1. The monoisotopic (exact) mass is 486 g/mol. The van der Waals surface area contributed by atoms with Crippen molar-refractivity contribution in [1.29, 1.82) is 0 Å². The van der Waals surface area contributed by atoms with Crippen molar-refractivity contribution >= 4 is 43.4 Å². The van der Waals surface area contributed by atoms with Gasteiger partial charge in [0.1, 0.15) is 12.4 Å². The van der Waals surface area contributed by atoms with E-state index in [0.29, 0.717) is 5.71 Å². The van der Waals surface area contributed by atoms with Crippen molar-refractivity contribution in [2.24, 2.45) is 5.10 Å². The van der Waals surface area contributed by atoms with Crippen LogP contribution >= 0.6 is 15.9 Å². The molecular formula is C21H19BrN4O3S. The molecule has 0 fully saturated rings. The molecule has 0 aliphatic rings. The van der Waals surface area contributed by atoms with Crippen LogP contribution < -0.4 is 9.73 Å². The highest BCUT2D eigenvalue weighted by atomic mass is 79.9. The van der Waals surface area contributed by atoms with Crippen molar-refractivity contribution in [1.82, 2.24) is 10.4 Å². The fourth-order valence-electron chi connectivity index (χ4n) is 2.58. The quantitative estimate of drug-likeness (QED) is 0.408. The van der Waals surface area contributed by atoms with E-state index < -0.39 is 22.5 Å². The van der Waals surface area contributed by atoms with Gasteiger partial charge in [0.25, 0.3) is 15.9 Å². The number of nitrogens with zero attached hydrogens (tertiary/aromatic N) is 3. The summed E-state index contributed by atoms with van der Waals surface area (Å²) in [7, 11) is -3.99. The van der Waals surface area contributed by atoms with Crippen molar-refractivity contribution in [3.05, 3.63) is 89.0 Å². The lowest BCUT2D eigenvalue weighted by Gasteiger charge is -2.22. The van der Waals surface area contributed by atoms with Gasteiger partial charge in [-0.2, -0.15) is 5.10 Å². The molecule has 9 heteroatoms. The summed E-state index contributed by atoms with van der Waals surface area (Å²) >= 11 is 3.37. The number of halogens is 1. The van der Waals surface area contributed by atoms with Gasteiger partial charge in [-0.05, 0) is 48.9 Å². The Bertz CT molecular complexity index is 1140. The van der Waals surface area contributed by atoms with Crippen LogP contribution in [0, 0.1) is 0 Å². The Kier molecular flexibility index (Phi) is 6.96. The van der Waals surface area contributed by atoms with Crippen LogP contribution in [-0.2, 0) is 14.8 Å². The van der Waals surface area contributed by atoms with Gasteiger partial charge in [0.05, 0.1) is 10.6 Å². The second-order valence-electron chi connectivity index (χ2n) is 6.25. The maximum atomic E-state index is 13.1. The normalized spacial score (nSPS) is 11.7. The molecule has 2 aromatic carbocycles. The van der Waals surface area contributed by atoms with Crippen molar-refractivity contribution in [3.63, 3.8) is 0 Å². The van der Waals surface area contributed by atoms with E-state index in [2.05, 4.69) is 31.4 Å². The zero-order chi connectivity index (χ0) is 21.6. The molecular weight excluding hydrogens is 468 g/mol. The largest absolute Gasteiger partial charge is 0.271 e. The van der Waals surface area contributed by atoms with Gasteiger partial charge < -0.3 is 0 Å². The summed E-state index contributed by atoms with van der Waals surface area (Å²) in [5.74, 6) is -0.443. The molecule has 30 heavy (non-hydrogen) atoms. The number of pyridine rings is 1. The van der Waals surface area contributed by atoms with Crippen LogP contribution in [0.5, 0.6) is 0 Å². The van der Waals surface area contributed by atoms with E-state index in [1.54, 1.807) is 37.3 Å². The first-order chi connectivity index (χ1) is 14.4. The van der Waals surface area contributed by atoms with E-state index in [4.69, 9.17) is 0 Å². The number of nitrogens with one attached hydrogen (secondary N) is 1. The summed E-state index contributed by atoms with van der Waals surface area (Å²) in [6.07, 6.45) is 1.47. The minimum atomic E-state index is -3.99. The molecule has 0 saturated carbocycles. The number of amides is 1. The van der Waals surface area contributed by atoms with Gasteiger partial charge >= 0.3 is 0 Å². The average Bonchev–Trinajstić information content (AvgIpc) is 2.77. The SMILES string of the molecule is C/C(=N/NC(=O)CN(c1ccccn1)S(=O)(=O)c1ccccc1)c1ccc(Br)cc1. The molecule has 0 unspecified atom stereocenters. The number of hydrazone groups is 1. The minimum absolute atomic E-state index is 0.0676. The number of hydrogen-bond acceptors (Lipinski definition) is 5. The summed E-state index contributed by atoms with van der Waals surface area (Å²) in [4.78, 5) is 16.7. The smallest absolute Gasteiger partial charge is 0.265 e. The lowest BCUT2D eigenvalue weighted by molar-refractivity contribution is -0.119. The van der Waals surface area contributed by atoms with Crippen molar-refractivity contribution in [2.45, 2.75) is 11.8 Å². The molecule has 7 nitrogen and oxygen atoms in total. The fourth-order valence-corrected chi connectivity index (χ4v) is 4.24. The molecule has 1 N–H and O–H groups in total. The molecule has 0 aliphatic carbocycles. The van der Waals surface area contributed by atoms with E-state index in [-0.39, 0.29) is 10.7 Å². The van der Waals surface area contributed by atoms with Gasteiger partial charge in [-0.15, -0.1) is 0 Å². The van der Waals surface area contributed by atoms with Crippen LogP contribution in [0.4, 0.5) is 5.82 Å². The number of anilines is 1. The first-order valence-electron chi connectivity index (χ1n) is 8.96. The predicted molar refractivity (Wildman–Crippen MR) is 120 cm³/mol. The van der Waals surface area contributed by atoms with Crippen molar-refractivity contribution in [2.75, 3.05) is 10.8 Å². The van der Waals surface area contributed by atoms with Crippen molar-refractivity contribution in [3.8, 4) is 0 Å². The molecule has 0 saturated heterocycles. The lowest BCUT2D eigenvalue weighted by atomic mass is 10.1. The third-order valence-electron chi connectivity index (χ3n) is 4.13. The molecule has 1 aromatic heterocycles. The molecule has 0 spiro atoms. The third-order valence-corrected chi connectivity index (χ3v) is 6.43. The number of carbonyl (C=O) groups excluding carboxylic acids is 1. The Labute approximate surface area is 183 Å². The van der Waals surface area contributed by atoms with Crippen LogP contribution in [0.1, 0.15) is 12.5 Å². The first kappa shape index (κ1) is 21.7. The molecule has 0 radical (unpaired) electrons. The van der Waals surface area contributed by atoms with E-state index >= 15 is 0 Å². The van der Waals surface area contributed by atoms with E-state index in [9.17, 15) is 13.2 Å². The summed E-state index contributed by atoms with van der Waals surface area (Å²) in [6, 6.07) is 20.2. The van der Waals surface area contributed by atoms with Crippen LogP contribution in [0.25, 0.3) is 0 Å². The molecule has 1 heterocycles. The van der Waals surface area contributed by atoms with Crippen molar-refractivity contribution < 1.29 is 13.2 Å². The zero-order valence-corrected chi connectivity index (χ0v) is 18.5. The van der Waals surface area contributed by atoms with Gasteiger partial charge in [-0.1, -0.05) is 52.3 Å². The topological polar surface area (TPSA) is 91.7 Å². The number of hydrogen-bond donors (Lipinski definition) is 1. The summed E-state index contributed by atoms with van der Waals surface area (Å²) in [5.41, 5.74) is 3.84. The molecule has 3 aromatic rings. The van der Waals surface area contributed by atoms with E-state index in [1.165, 1.54) is 24.4 Å². The Morgan fingerprint density at radius 2 is 1.70 bits per heavy atom. The molecule has 1 amide bonds. The van der Waals surface area contributed by atoms with Crippen LogP contribution in [-0.4, -0.2) is 31.6 Å². The number of benzene rings is 2. The number of aromatic nitrogens is 1. The van der Waals surface area contributed by atoms with Gasteiger partial charge in [-0.3, -0.25) is 4.79 Å². The molecule has 154 valence electrons. The van der Waals surface area contributed by atoms with Crippen LogP contribution in [0.3, 0.4) is 0 Å². The van der Waals surface area contributed by atoms with Gasteiger partial charge in [0.15, 0.2) is 0 Å². The highest BCUT2D eigenvalue weighted by Gasteiger charge is 2.27. The lowest BCUT2D eigenvalue weighted by Crippen LogP contribution is -2.40. The Hall–Kier alpha value is -3.04. The van der Waals surface area contributed by atoms with Crippen LogP contribution in [0.15, 0.2) is 93.5 Å². The second kappa shape index (κ2) is 9.64. The number of carbonyl (C=O) groups is 1. The molecule has 0 bridgehead atoms. The Morgan fingerprint density at radius 3 is 2.33 bits per heavy atom. The van der Waals surface area contributed by atoms with Gasteiger partial charge in [0.2, 0.25) is 0 Å². The highest BCUT2D eigenvalue weighted by molar-refractivity contribution is 9.10. The van der Waals surface area contributed by atoms with E-state index in [0.717, 1.165) is 14.3 Å².